The summed E-state index contributed by atoms with van der Waals surface area (Å²) in [6.45, 7) is 13.4. The van der Waals surface area contributed by atoms with Crippen LogP contribution < -0.4 is 0 Å². The lowest BCUT2D eigenvalue weighted by molar-refractivity contribution is -0.210. The number of carboxylic acids is 2. The molecule has 17 nitrogen and oxygen atoms in total. The van der Waals surface area contributed by atoms with Crippen molar-refractivity contribution >= 4 is 73.6 Å². The van der Waals surface area contributed by atoms with Crippen LogP contribution in [0.4, 0.5) is 0 Å². The van der Waals surface area contributed by atoms with Crippen LogP contribution in [0.5, 0.6) is 0 Å². The first-order valence-corrected chi connectivity index (χ1v) is 30.7. The van der Waals surface area contributed by atoms with Crippen LogP contribution in [0.25, 0.3) is 0 Å². The molecule has 0 amide bonds. The molecule has 10 rings (SSSR count). The molecular weight excluding hydrogens is 1140 g/mol. The van der Waals surface area contributed by atoms with Crippen LogP contribution in [0, 0.1) is 69.0 Å². The zero-order valence-electron chi connectivity index (χ0n) is 45.6. The minimum Gasteiger partial charge on any atom is -0.490 e. The Labute approximate surface area is 474 Å². The summed E-state index contributed by atoms with van der Waals surface area (Å²) in [5.41, 5.74) is -1.35. The van der Waals surface area contributed by atoms with Crippen LogP contribution in [-0.4, -0.2) is 122 Å². The Morgan fingerprint density at radius 1 is 0.564 bits per heavy atom. The van der Waals surface area contributed by atoms with Gasteiger partial charge in [0.25, 0.3) is 0 Å². The number of allylic oxidation sites excluding steroid dienone is 1. The molecule has 0 aromatic heterocycles. The number of halogens is 2. The van der Waals surface area contributed by atoms with Crippen LogP contribution >= 0.6 is 31.9 Å². The second kappa shape index (κ2) is 22.5. The standard InChI is InChI=1S/C31H42O11.C28H38Br2O6/c1-29-11-9-19(41-25(36)7-5-23(32)33)14-18(29)3-4-21-20(29)10-12-30(2)28(17-13-27(38)40-16-17)22(15-31(21,30)39)42-26(37)8-6-24(34)35;1-16-10-17(15-34-16)25-22(36-24(32)14-30)12-28(33)21-5-4-18-11-19(35-23(31)13-29)6-8-26(18,2)20(21)7-9-27(25,28)3/h13,18-22,28,39H,3-12,14-16H2,1-2H3,(H,32,33)(H,34,35);10,18-22,25,33H,1,4-9,11-15H2,2-3H3/t18?,19?,20-,21?,22?,28?,29?,30?,31?;18?,19?,20-,21?,22?,25?,26?,27?,28?/m00/s1. The maximum Gasteiger partial charge on any atom is 0.331 e. The third-order valence-electron chi connectivity index (χ3n) is 22.3. The van der Waals surface area contributed by atoms with E-state index in [2.05, 4.69) is 59.2 Å². The summed E-state index contributed by atoms with van der Waals surface area (Å²) in [7, 11) is 0. The van der Waals surface area contributed by atoms with Crippen molar-refractivity contribution in [2.24, 2.45) is 69.0 Å². The van der Waals surface area contributed by atoms with Gasteiger partial charge in [-0.1, -0.05) is 66.1 Å². The number of esters is 5. The number of carbonyl (C=O) groups is 7. The third kappa shape index (κ3) is 10.6. The van der Waals surface area contributed by atoms with E-state index >= 15 is 0 Å². The summed E-state index contributed by atoms with van der Waals surface area (Å²) in [6, 6.07) is 0. The van der Waals surface area contributed by atoms with Gasteiger partial charge >= 0.3 is 41.8 Å². The van der Waals surface area contributed by atoms with Crippen molar-refractivity contribution < 1.29 is 82.4 Å². The zero-order valence-corrected chi connectivity index (χ0v) is 48.8. The van der Waals surface area contributed by atoms with Gasteiger partial charge in [-0.3, -0.25) is 28.8 Å². The largest absolute Gasteiger partial charge is 0.490 e. The second-order valence-electron chi connectivity index (χ2n) is 25.8. The van der Waals surface area contributed by atoms with E-state index in [1.807, 2.05) is 13.0 Å². The van der Waals surface area contributed by atoms with Crippen molar-refractivity contribution in [2.45, 2.75) is 192 Å². The van der Waals surface area contributed by atoms with Crippen molar-refractivity contribution in [1.82, 2.24) is 0 Å². The number of carboxylic acid groups (broad SMARTS) is 2. The summed E-state index contributed by atoms with van der Waals surface area (Å²) in [6.07, 6.45) is 13.8. The normalized spacial score (nSPS) is 42.9. The van der Waals surface area contributed by atoms with Crippen LogP contribution in [-0.2, 0) is 62.0 Å². The van der Waals surface area contributed by atoms with Crippen LogP contribution in [0.3, 0.4) is 0 Å². The quantitative estimate of drug-likeness (QED) is 0.0719. The molecule has 8 aliphatic carbocycles. The average molecular weight is 1220 g/mol. The number of hydrogen-bond donors (Lipinski definition) is 4. The van der Waals surface area contributed by atoms with Crippen molar-refractivity contribution in [3.05, 3.63) is 35.6 Å². The van der Waals surface area contributed by atoms with Crippen molar-refractivity contribution in [2.75, 3.05) is 23.9 Å². The van der Waals surface area contributed by atoms with Crippen LogP contribution in [0.1, 0.15) is 156 Å². The number of cyclic esters (lactones) is 1. The van der Waals surface area contributed by atoms with Crippen molar-refractivity contribution in [1.29, 1.82) is 0 Å². The third-order valence-corrected chi connectivity index (χ3v) is 23.2. The lowest BCUT2D eigenvalue weighted by atomic mass is 9.43. The van der Waals surface area contributed by atoms with E-state index in [9.17, 15) is 43.8 Å². The molecule has 0 bridgehead atoms. The number of hydrogen-bond acceptors (Lipinski definition) is 15. The maximum atomic E-state index is 12.7. The second-order valence-corrected chi connectivity index (χ2v) is 26.9. The number of ether oxygens (including phenoxy) is 6. The fourth-order valence-electron chi connectivity index (χ4n) is 18.7. The lowest BCUT2D eigenvalue weighted by Crippen LogP contribution is -2.62. The molecule has 4 N–H and O–H groups in total. The van der Waals surface area contributed by atoms with Gasteiger partial charge in [-0.2, -0.15) is 0 Å². The van der Waals surface area contributed by atoms with Gasteiger partial charge in [0.15, 0.2) is 0 Å². The van der Waals surface area contributed by atoms with Gasteiger partial charge < -0.3 is 48.8 Å². The molecule has 0 aromatic carbocycles. The first-order chi connectivity index (χ1) is 36.8. The van der Waals surface area contributed by atoms with Gasteiger partial charge in [0.05, 0.1) is 36.9 Å². The molecule has 10 aliphatic rings. The molecule has 2 heterocycles. The topological polar surface area (TPSA) is 256 Å². The van der Waals surface area contributed by atoms with Gasteiger partial charge in [0.2, 0.25) is 0 Å². The minimum atomic E-state index is -1.17. The number of fused-ring (bicyclic) bond motifs is 10. The van der Waals surface area contributed by atoms with Gasteiger partial charge in [-0.15, -0.1) is 0 Å². The molecule has 0 spiro atoms. The Balaban J connectivity index is 0.000000192. The number of carbonyl (C=O) groups excluding carboxylic acids is 5. The Bertz CT molecular complexity index is 2480. The van der Waals surface area contributed by atoms with E-state index in [0.29, 0.717) is 61.4 Å². The molecule has 432 valence electrons. The summed E-state index contributed by atoms with van der Waals surface area (Å²) in [5, 5.41) is 43.6. The molecular formula is C59H80Br2O17. The Morgan fingerprint density at radius 2 is 0.987 bits per heavy atom. The highest BCUT2D eigenvalue weighted by Gasteiger charge is 2.73. The van der Waals surface area contributed by atoms with E-state index in [0.717, 1.165) is 76.2 Å². The number of aliphatic hydroxyl groups is 2. The highest BCUT2D eigenvalue weighted by Crippen LogP contribution is 2.72. The molecule has 8 fully saturated rings. The molecule has 0 aromatic rings. The molecule has 2 aliphatic heterocycles. The van der Waals surface area contributed by atoms with Crippen LogP contribution in [0.15, 0.2) is 35.6 Å². The number of alkyl halides is 2. The molecule has 78 heavy (non-hydrogen) atoms. The highest BCUT2D eigenvalue weighted by molar-refractivity contribution is 9.09. The smallest absolute Gasteiger partial charge is 0.331 e. The van der Waals surface area contributed by atoms with E-state index in [4.69, 9.17) is 38.6 Å². The first-order valence-electron chi connectivity index (χ1n) is 28.5. The predicted molar refractivity (Wildman–Crippen MR) is 287 cm³/mol. The molecule has 19 heteroatoms. The van der Waals surface area contributed by atoms with E-state index < -0.39 is 63.9 Å². The fraction of sp³-hybridized carbons (Fsp3) is 0.780. The average Bonchev–Trinajstić information content (AvgIpc) is 4.22. The van der Waals surface area contributed by atoms with Gasteiger partial charge in [-0.25, -0.2) is 4.79 Å². The van der Waals surface area contributed by atoms with E-state index in [1.54, 1.807) is 0 Å². The van der Waals surface area contributed by atoms with Gasteiger partial charge in [-0.05, 0) is 153 Å². The van der Waals surface area contributed by atoms with Crippen LogP contribution in [0.2, 0.25) is 0 Å². The Hall–Kier alpha value is -3.81. The summed E-state index contributed by atoms with van der Waals surface area (Å²) in [5.74, 6) is -2.56. The Morgan fingerprint density at radius 3 is 1.41 bits per heavy atom. The van der Waals surface area contributed by atoms with E-state index in [-0.39, 0.29) is 114 Å². The number of rotatable bonds is 14. The summed E-state index contributed by atoms with van der Waals surface area (Å²) >= 11 is 6.45. The zero-order chi connectivity index (χ0) is 56.3. The monoisotopic (exact) mass is 1220 g/mol. The predicted octanol–water partition coefficient (Wildman–Crippen LogP) is 8.86. The summed E-state index contributed by atoms with van der Waals surface area (Å²) in [4.78, 5) is 83.1. The minimum absolute atomic E-state index is 0.00655. The fourth-order valence-corrected chi connectivity index (χ4v) is 18.9. The van der Waals surface area contributed by atoms with Crippen molar-refractivity contribution in [3.8, 4) is 0 Å². The molecule has 0 radical (unpaired) electrons. The molecule has 18 atom stereocenters. The first kappa shape index (κ1) is 58.8. The molecule has 16 unspecified atom stereocenters. The van der Waals surface area contributed by atoms with Gasteiger partial charge in [0.1, 0.15) is 54.0 Å². The molecule has 0 saturated heterocycles. The van der Waals surface area contributed by atoms with Gasteiger partial charge in [0, 0.05) is 41.6 Å². The maximum absolute atomic E-state index is 12.7. The SMILES string of the molecule is C=C1C=C(C2C(OC(=O)CBr)CC3(O)C4CCC5CC(OC(=O)CBr)CCC5(C)[C@H]4CCC23C)CO1.CC12CCC(OC(=O)CCC(=O)O)CC1CCC1[C@@H]2CCC2(C)C(C3=CC(=O)OC3)C(OC(=O)CCC(=O)O)CC12O. The Kier molecular flexibility index (Phi) is 17.0. The number of aliphatic carboxylic acids is 2. The lowest BCUT2D eigenvalue weighted by Gasteiger charge is -2.63. The molecule has 8 saturated carbocycles. The summed E-state index contributed by atoms with van der Waals surface area (Å²) < 4.78 is 34.2. The highest BCUT2D eigenvalue weighted by atomic mass is 79.9. The van der Waals surface area contributed by atoms with E-state index in [1.165, 1.54) is 6.08 Å². The van der Waals surface area contributed by atoms with Crippen molar-refractivity contribution in [3.63, 3.8) is 0 Å².